The maximum Gasteiger partial charge on any atom is 0.222 e. The monoisotopic (exact) mass is 227 g/mol. The highest BCUT2D eigenvalue weighted by Crippen LogP contribution is 2.17. The highest BCUT2D eigenvalue weighted by Gasteiger charge is 2.21. The van der Waals surface area contributed by atoms with Crippen molar-refractivity contribution in [2.75, 3.05) is 19.7 Å². The van der Waals surface area contributed by atoms with E-state index in [1.54, 1.807) is 6.20 Å². The van der Waals surface area contributed by atoms with Crippen LogP contribution in [-0.2, 0) is 6.54 Å². The second kappa shape index (κ2) is 4.88. The van der Waals surface area contributed by atoms with Crippen molar-refractivity contribution >= 4 is 11.6 Å². The molecule has 5 heteroatoms. The molecule has 0 amide bonds. The number of nitrogens with zero attached hydrogens (tertiary/aromatic N) is 3. The van der Waals surface area contributed by atoms with Gasteiger partial charge in [0.2, 0.25) is 5.28 Å². The Morgan fingerprint density at radius 3 is 3.13 bits per heavy atom. The van der Waals surface area contributed by atoms with Gasteiger partial charge in [-0.05, 0) is 36.6 Å². The number of aliphatic hydroxyl groups excluding tert-OH is 1. The molecule has 1 aromatic heterocycles. The average molecular weight is 228 g/mol. The van der Waals surface area contributed by atoms with E-state index in [1.165, 1.54) is 0 Å². The molecule has 15 heavy (non-hydrogen) atoms. The van der Waals surface area contributed by atoms with Gasteiger partial charge in [0.15, 0.2) is 0 Å². The van der Waals surface area contributed by atoms with Crippen molar-refractivity contribution < 1.29 is 5.11 Å². The fraction of sp³-hybridized carbons (Fsp3) is 0.600. The number of halogens is 1. The number of rotatable bonds is 3. The summed E-state index contributed by atoms with van der Waals surface area (Å²) < 4.78 is 0. The molecule has 2 rings (SSSR count). The third-order valence-electron chi connectivity index (χ3n) is 2.70. The lowest BCUT2D eigenvalue weighted by Crippen LogP contribution is -2.21. The first-order chi connectivity index (χ1) is 7.28. The highest BCUT2D eigenvalue weighted by molar-refractivity contribution is 6.28. The van der Waals surface area contributed by atoms with Crippen LogP contribution in [0.2, 0.25) is 5.28 Å². The number of aromatic nitrogens is 2. The molecule has 4 nitrogen and oxygen atoms in total. The lowest BCUT2D eigenvalue weighted by Gasteiger charge is -2.14. The van der Waals surface area contributed by atoms with Gasteiger partial charge in [0.05, 0.1) is 5.69 Å². The molecular formula is C10H14ClN3O. The van der Waals surface area contributed by atoms with Crippen LogP contribution >= 0.6 is 11.6 Å². The summed E-state index contributed by atoms with van der Waals surface area (Å²) in [7, 11) is 0. The van der Waals surface area contributed by atoms with Gasteiger partial charge in [-0.25, -0.2) is 9.97 Å². The van der Waals surface area contributed by atoms with E-state index in [4.69, 9.17) is 16.7 Å². The Labute approximate surface area is 93.9 Å². The molecule has 1 fully saturated rings. The summed E-state index contributed by atoms with van der Waals surface area (Å²) in [4.78, 5) is 10.3. The first-order valence-corrected chi connectivity index (χ1v) is 5.46. The van der Waals surface area contributed by atoms with Crippen LogP contribution in [0, 0.1) is 5.92 Å². The third kappa shape index (κ3) is 2.87. The lowest BCUT2D eigenvalue weighted by atomic mass is 10.1. The van der Waals surface area contributed by atoms with Crippen molar-refractivity contribution in [2.45, 2.75) is 13.0 Å². The van der Waals surface area contributed by atoms with Crippen LogP contribution < -0.4 is 0 Å². The number of likely N-dealkylation sites (tertiary alicyclic amines) is 1. The fourth-order valence-corrected chi connectivity index (χ4v) is 2.06. The van der Waals surface area contributed by atoms with Crippen molar-refractivity contribution in [3.8, 4) is 0 Å². The van der Waals surface area contributed by atoms with Gasteiger partial charge in [-0.3, -0.25) is 4.90 Å². The summed E-state index contributed by atoms with van der Waals surface area (Å²) in [5.74, 6) is 0.419. The van der Waals surface area contributed by atoms with Crippen LogP contribution in [0.15, 0.2) is 12.3 Å². The zero-order valence-corrected chi connectivity index (χ0v) is 9.19. The van der Waals surface area contributed by atoms with Gasteiger partial charge >= 0.3 is 0 Å². The average Bonchev–Trinajstić information content (AvgIpc) is 2.65. The van der Waals surface area contributed by atoms with E-state index < -0.39 is 0 Å². The number of aliphatic hydroxyl groups is 1. The Morgan fingerprint density at radius 1 is 1.60 bits per heavy atom. The SMILES string of the molecule is OC[C@H]1CCN(Cc2ccnc(Cl)n2)C1. The molecule has 0 unspecified atom stereocenters. The van der Waals surface area contributed by atoms with Gasteiger partial charge in [0, 0.05) is 25.9 Å². The van der Waals surface area contributed by atoms with Gasteiger partial charge in [-0.15, -0.1) is 0 Å². The second-order valence-corrected chi connectivity index (χ2v) is 4.23. The second-order valence-electron chi connectivity index (χ2n) is 3.89. The largest absolute Gasteiger partial charge is 0.396 e. The molecule has 0 spiro atoms. The van der Waals surface area contributed by atoms with Crippen molar-refractivity contribution in [2.24, 2.45) is 5.92 Å². The van der Waals surface area contributed by atoms with E-state index in [1.807, 2.05) is 6.07 Å². The molecule has 82 valence electrons. The summed E-state index contributed by atoms with van der Waals surface area (Å²) in [6, 6.07) is 1.87. The zero-order chi connectivity index (χ0) is 10.7. The van der Waals surface area contributed by atoms with E-state index >= 15 is 0 Å². The predicted molar refractivity (Wildman–Crippen MR) is 57.5 cm³/mol. The normalized spacial score (nSPS) is 22.1. The van der Waals surface area contributed by atoms with E-state index in [-0.39, 0.29) is 6.61 Å². The molecular weight excluding hydrogens is 214 g/mol. The Balaban J connectivity index is 1.92. The van der Waals surface area contributed by atoms with Crippen molar-refractivity contribution in [1.29, 1.82) is 0 Å². The molecule has 0 aromatic carbocycles. The molecule has 2 heterocycles. The minimum absolute atomic E-state index is 0.279. The summed E-state index contributed by atoms with van der Waals surface area (Å²) in [5, 5.41) is 9.32. The Hall–Kier alpha value is -0.710. The highest BCUT2D eigenvalue weighted by atomic mass is 35.5. The summed E-state index contributed by atoms with van der Waals surface area (Å²) in [5.41, 5.74) is 0.939. The summed E-state index contributed by atoms with van der Waals surface area (Å²) >= 11 is 5.71. The van der Waals surface area contributed by atoms with Crippen molar-refractivity contribution in [3.63, 3.8) is 0 Å². The predicted octanol–water partition coefficient (Wildman–Crippen LogP) is 0.944. The maximum atomic E-state index is 9.02. The molecule has 1 atom stereocenters. The van der Waals surface area contributed by atoms with Gasteiger partial charge < -0.3 is 5.11 Å². The van der Waals surface area contributed by atoms with E-state index in [9.17, 15) is 0 Å². The molecule has 1 aliphatic rings. The van der Waals surface area contributed by atoms with E-state index in [2.05, 4.69) is 14.9 Å². The smallest absolute Gasteiger partial charge is 0.222 e. The molecule has 1 saturated heterocycles. The van der Waals surface area contributed by atoms with Gasteiger partial charge in [-0.2, -0.15) is 0 Å². The molecule has 0 bridgehead atoms. The number of hydrogen-bond acceptors (Lipinski definition) is 4. The van der Waals surface area contributed by atoms with E-state index in [0.717, 1.165) is 31.7 Å². The fourth-order valence-electron chi connectivity index (χ4n) is 1.89. The first-order valence-electron chi connectivity index (χ1n) is 5.08. The summed E-state index contributed by atoms with van der Waals surface area (Å²) in [6.45, 7) is 3.03. The van der Waals surface area contributed by atoms with Crippen molar-refractivity contribution in [1.82, 2.24) is 14.9 Å². The Kier molecular flexibility index (Phi) is 3.51. The molecule has 1 N–H and O–H groups in total. The van der Waals surface area contributed by atoms with Gasteiger partial charge in [0.1, 0.15) is 0 Å². The van der Waals surface area contributed by atoms with Crippen molar-refractivity contribution in [3.05, 3.63) is 23.2 Å². The molecule has 0 aliphatic carbocycles. The van der Waals surface area contributed by atoms with Crippen LogP contribution in [0.1, 0.15) is 12.1 Å². The quantitative estimate of drug-likeness (QED) is 0.781. The first kappa shape index (κ1) is 10.8. The lowest BCUT2D eigenvalue weighted by molar-refractivity contribution is 0.219. The number of hydrogen-bond donors (Lipinski definition) is 1. The van der Waals surface area contributed by atoms with E-state index in [0.29, 0.717) is 11.2 Å². The van der Waals surface area contributed by atoms with Gasteiger partial charge in [-0.1, -0.05) is 0 Å². The Bertz CT molecular complexity index is 334. The minimum atomic E-state index is 0.279. The molecule has 1 aromatic rings. The minimum Gasteiger partial charge on any atom is -0.396 e. The van der Waals surface area contributed by atoms with Crippen LogP contribution in [0.4, 0.5) is 0 Å². The van der Waals surface area contributed by atoms with Crippen LogP contribution in [0.3, 0.4) is 0 Å². The van der Waals surface area contributed by atoms with Crippen LogP contribution in [0.25, 0.3) is 0 Å². The third-order valence-corrected chi connectivity index (χ3v) is 2.88. The summed E-state index contributed by atoms with van der Waals surface area (Å²) in [6.07, 6.45) is 2.74. The molecule has 0 saturated carbocycles. The van der Waals surface area contributed by atoms with Crippen LogP contribution in [0.5, 0.6) is 0 Å². The molecule has 1 aliphatic heterocycles. The van der Waals surface area contributed by atoms with Gasteiger partial charge in [0.25, 0.3) is 0 Å². The Morgan fingerprint density at radius 2 is 2.47 bits per heavy atom. The zero-order valence-electron chi connectivity index (χ0n) is 8.43. The molecule has 0 radical (unpaired) electrons. The maximum absolute atomic E-state index is 9.02. The standard InChI is InChI=1S/C10H14ClN3O/c11-10-12-3-1-9(13-10)6-14-4-2-8(5-14)7-15/h1,3,8,15H,2,4-7H2/t8-/m0/s1. The topological polar surface area (TPSA) is 49.2 Å². The van der Waals surface area contributed by atoms with Crippen LogP contribution in [-0.4, -0.2) is 39.7 Å².